The van der Waals surface area contributed by atoms with Gasteiger partial charge in [-0.3, -0.25) is 4.79 Å². The number of nitrogens with one attached hydrogen (secondary N) is 2. The summed E-state index contributed by atoms with van der Waals surface area (Å²) in [5.41, 5.74) is 1.71. The van der Waals surface area contributed by atoms with Crippen molar-refractivity contribution < 1.29 is 22.7 Å². The summed E-state index contributed by atoms with van der Waals surface area (Å²) in [5.74, 6) is 0.755. The Hall–Kier alpha value is -2.70. The zero-order valence-corrected chi connectivity index (χ0v) is 15.3. The van der Waals surface area contributed by atoms with E-state index in [1.165, 1.54) is 11.6 Å². The van der Waals surface area contributed by atoms with Gasteiger partial charge in [-0.1, -0.05) is 38.1 Å². The number of anilines is 2. The van der Waals surface area contributed by atoms with Crippen LogP contribution in [0.3, 0.4) is 0 Å². The van der Waals surface area contributed by atoms with Gasteiger partial charge in [-0.25, -0.2) is 0 Å². The van der Waals surface area contributed by atoms with Crippen LogP contribution >= 0.6 is 0 Å². The first-order valence-electron chi connectivity index (χ1n) is 8.67. The fourth-order valence-corrected chi connectivity index (χ4v) is 2.36. The molecule has 0 fully saturated rings. The Labute approximate surface area is 156 Å². The number of rotatable bonds is 8. The number of ether oxygens (including phenoxy) is 1. The van der Waals surface area contributed by atoms with E-state index in [0.717, 1.165) is 0 Å². The number of amides is 1. The fourth-order valence-electron chi connectivity index (χ4n) is 2.36. The summed E-state index contributed by atoms with van der Waals surface area (Å²) in [6, 6.07) is 13.9. The second-order valence-electron chi connectivity index (χ2n) is 6.38. The highest BCUT2D eigenvalue weighted by atomic mass is 19.4. The molecular weight excluding hydrogens is 357 g/mol. The molecule has 4 nitrogen and oxygen atoms in total. The summed E-state index contributed by atoms with van der Waals surface area (Å²) >= 11 is 0. The van der Waals surface area contributed by atoms with Gasteiger partial charge in [-0.05, 0) is 35.7 Å². The largest absolute Gasteiger partial charge is 0.493 e. The highest BCUT2D eigenvalue weighted by Crippen LogP contribution is 2.24. The van der Waals surface area contributed by atoms with E-state index >= 15 is 0 Å². The van der Waals surface area contributed by atoms with Gasteiger partial charge in [-0.2, -0.15) is 13.2 Å². The summed E-state index contributed by atoms with van der Waals surface area (Å²) in [6.07, 6.45) is -4.25. The van der Waals surface area contributed by atoms with Gasteiger partial charge in [0.1, 0.15) is 12.3 Å². The molecule has 0 unspecified atom stereocenters. The first kappa shape index (κ1) is 20.6. The maximum Gasteiger partial charge on any atom is 0.405 e. The van der Waals surface area contributed by atoms with Crippen LogP contribution in [0.25, 0.3) is 0 Å². The van der Waals surface area contributed by atoms with E-state index in [0.29, 0.717) is 17.4 Å². The molecule has 0 bridgehead atoms. The highest BCUT2D eigenvalue weighted by Gasteiger charge is 2.27. The molecule has 0 saturated heterocycles. The third-order valence-electron chi connectivity index (χ3n) is 3.83. The lowest BCUT2D eigenvalue weighted by Gasteiger charge is -2.14. The first-order chi connectivity index (χ1) is 12.7. The molecular formula is C20H23F3N2O2. The third-order valence-corrected chi connectivity index (χ3v) is 3.83. The number of carbonyl (C=O) groups is 1. The van der Waals surface area contributed by atoms with E-state index in [4.69, 9.17) is 4.74 Å². The van der Waals surface area contributed by atoms with Crippen LogP contribution in [-0.4, -0.2) is 25.2 Å². The lowest BCUT2D eigenvalue weighted by molar-refractivity contribution is -0.116. The van der Waals surface area contributed by atoms with Crippen molar-refractivity contribution in [2.24, 2.45) is 0 Å². The predicted octanol–water partition coefficient (Wildman–Crippen LogP) is 5.19. The molecule has 2 aromatic rings. The molecule has 0 aliphatic heterocycles. The van der Waals surface area contributed by atoms with Crippen molar-refractivity contribution in [2.75, 3.05) is 23.8 Å². The zero-order valence-electron chi connectivity index (χ0n) is 15.3. The molecule has 2 aromatic carbocycles. The molecule has 0 aliphatic carbocycles. The van der Waals surface area contributed by atoms with E-state index in [-0.39, 0.29) is 24.6 Å². The van der Waals surface area contributed by atoms with Crippen molar-refractivity contribution in [1.29, 1.82) is 0 Å². The minimum Gasteiger partial charge on any atom is -0.493 e. The average molecular weight is 380 g/mol. The standard InChI is InChI=1S/C20H23F3N2O2/c1-14(2)15-7-9-16(10-8-15)27-12-11-19(26)25-18-6-4-3-5-17(18)24-13-20(21,22)23/h3-10,14,24H,11-13H2,1-2H3,(H,25,26). The second kappa shape index (κ2) is 9.30. The maximum absolute atomic E-state index is 12.4. The number of carbonyl (C=O) groups excluding carboxylic acids is 1. The number of halogens is 3. The average Bonchev–Trinajstić information content (AvgIpc) is 2.60. The van der Waals surface area contributed by atoms with Crippen LogP contribution in [0.4, 0.5) is 24.5 Å². The van der Waals surface area contributed by atoms with Crippen molar-refractivity contribution in [3.05, 3.63) is 54.1 Å². The summed E-state index contributed by atoms with van der Waals surface area (Å²) < 4.78 is 42.6. The van der Waals surface area contributed by atoms with Crippen LogP contribution in [0.2, 0.25) is 0 Å². The quantitative estimate of drug-likeness (QED) is 0.662. The van der Waals surface area contributed by atoms with E-state index in [2.05, 4.69) is 24.5 Å². The minimum absolute atomic E-state index is 0.0829. The molecule has 27 heavy (non-hydrogen) atoms. The van der Waals surface area contributed by atoms with Gasteiger partial charge in [-0.15, -0.1) is 0 Å². The van der Waals surface area contributed by atoms with Gasteiger partial charge in [0, 0.05) is 0 Å². The van der Waals surface area contributed by atoms with Crippen molar-refractivity contribution in [3.63, 3.8) is 0 Å². The van der Waals surface area contributed by atoms with Crippen molar-refractivity contribution in [1.82, 2.24) is 0 Å². The summed E-state index contributed by atoms with van der Waals surface area (Å²) in [4.78, 5) is 12.1. The molecule has 1 amide bonds. The van der Waals surface area contributed by atoms with Gasteiger partial charge in [0.2, 0.25) is 5.91 Å². The Morgan fingerprint density at radius 2 is 1.67 bits per heavy atom. The number of para-hydroxylation sites is 2. The molecule has 0 aromatic heterocycles. The minimum atomic E-state index is -4.34. The van der Waals surface area contributed by atoms with E-state index in [1.807, 2.05) is 24.3 Å². The van der Waals surface area contributed by atoms with Gasteiger partial charge in [0.05, 0.1) is 24.4 Å². The van der Waals surface area contributed by atoms with Crippen LogP contribution < -0.4 is 15.4 Å². The molecule has 0 spiro atoms. The topological polar surface area (TPSA) is 50.4 Å². The van der Waals surface area contributed by atoms with Crippen LogP contribution in [0, 0.1) is 0 Å². The van der Waals surface area contributed by atoms with Crippen molar-refractivity contribution in [2.45, 2.75) is 32.4 Å². The molecule has 0 saturated carbocycles. The monoisotopic (exact) mass is 380 g/mol. The first-order valence-corrected chi connectivity index (χ1v) is 8.67. The summed E-state index contributed by atoms with van der Waals surface area (Å²) in [6.45, 7) is 3.20. The van der Waals surface area contributed by atoms with E-state index in [9.17, 15) is 18.0 Å². The van der Waals surface area contributed by atoms with Crippen molar-refractivity contribution in [3.8, 4) is 5.75 Å². The predicted molar refractivity (Wildman–Crippen MR) is 100 cm³/mol. The summed E-state index contributed by atoms with van der Waals surface area (Å²) in [5, 5.41) is 4.89. The molecule has 0 radical (unpaired) electrons. The van der Waals surface area contributed by atoms with Crippen LogP contribution in [-0.2, 0) is 4.79 Å². The van der Waals surface area contributed by atoms with Crippen LogP contribution in [0.1, 0.15) is 31.7 Å². The Balaban J connectivity index is 1.83. The number of hydrogen-bond acceptors (Lipinski definition) is 3. The Morgan fingerprint density at radius 3 is 2.26 bits per heavy atom. The fraction of sp³-hybridized carbons (Fsp3) is 0.350. The Morgan fingerprint density at radius 1 is 1.04 bits per heavy atom. The maximum atomic E-state index is 12.4. The van der Waals surface area contributed by atoms with Crippen LogP contribution in [0.15, 0.2) is 48.5 Å². The van der Waals surface area contributed by atoms with Gasteiger partial charge in [0.15, 0.2) is 0 Å². The van der Waals surface area contributed by atoms with E-state index < -0.39 is 12.7 Å². The molecule has 146 valence electrons. The SMILES string of the molecule is CC(C)c1ccc(OCCC(=O)Nc2ccccc2NCC(F)(F)F)cc1. The molecule has 7 heteroatoms. The molecule has 2 N–H and O–H groups in total. The molecule has 0 heterocycles. The molecule has 2 rings (SSSR count). The van der Waals surface area contributed by atoms with Gasteiger partial charge >= 0.3 is 6.18 Å². The lowest BCUT2D eigenvalue weighted by atomic mass is 10.0. The second-order valence-corrected chi connectivity index (χ2v) is 6.38. The lowest BCUT2D eigenvalue weighted by Crippen LogP contribution is -2.22. The third kappa shape index (κ3) is 7.21. The van der Waals surface area contributed by atoms with E-state index in [1.54, 1.807) is 18.2 Å². The van der Waals surface area contributed by atoms with Gasteiger partial charge < -0.3 is 15.4 Å². The number of hydrogen-bond donors (Lipinski definition) is 2. The summed E-state index contributed by atoms with van der Waals surface area (Å²) in [7, 11) is 0. The Bertz CT molecular complexity index is 744. The number of alkyl halides is 3. The van der Waals surface area contributed by atoms with Crippen molar-refractivity contribution >= 4 is 17.3 Å². The zero-order chi connectivity index (χ0) is 19.9. The normalized spacial score (nSPS) is 11.3. The molecule has 0 aliphatic rings. The number of benzene rings is 2. The van der Waals surface area contributed by atoms with Crippen LogP contribution in [0.5, 0.6) is 5.75 Å². The van der Waals surface area contributed by atoms with Gasteiger partial charge in [0.25, 0.3) is 0 Å². The highest BCUT2D eigenvalue weighted by molar-refractivity contribution is 5.94. The molecule has 0 atom stereocenters. The Kier molecular flexibility index (Phi) is 7.10. The smallest absolute Gasteiger partial charge is 0.405 e.